The fraction of sp³-hybridized carbons (Fsp3) is 0.300. The summed E-state index contributed by atoms with van der Waals surface area (Å²) in [6, 6.07) is 7.96. The molecule has 1 aliphatic rings. The first-order valence-corrected chi connectivity index (χ1v) is 13.3. The largest absolute Gasteiger partial charge is 0.494 e. The van der Waals surface area contributed by atoms with E-state index in [0.29, 0.717) is 34.5 Å². The minimum Gasteiger partial charge on any atom is -0.494 e. The Hall–Kier alpha value is -4.95. The lowest BCUT2D eigenvalue weighted by molar-refractivity contribution is -0.111. The number of hydrogen-bond acceptors (Lipinski definition) is 8. The van der Waals surface area contributed by atoms with E-state index in [4.69, 9.17) is 16.3 Å². The van der Waals surface area contributed by atoms with E-state index in [1.54, 1.807) is 19.4 Å². The fourth-order valence-electron chi connectivity index (χ4n) is 4.64. The van der Waals surface area contributed by atoms with E-state index in [9.17, 15) is 4.79 Å². The number of nitrogens with zero attached hydrogens (tertiary/aromatic N) is 7. The first kappa shape index (κ1) is 27.6. The van der Waals surface area contributed by atoms with Crippen molar-refractivity contribution in [1.82, 2.24) is 24.4 Å². The third-order valence-electron chi connectivity index (χ3n) is 6.98. The van der Waals surface area contributed by atoms with Crippen molar-refractivity contribution in [3.63, 3.8) is 0 Å². The van der Waals surface area contributed by atoms with Gasteiger partial charge in [0.15, 0.2) is 0 Å². The van der Waals surface area contributed by atoms with Crippen molar-refractivity contribution in [1.29, 1.82) is 0 Å². The molecule has 0 radical (unpaired) electrons. The number of carbonyl (C=O) groups excluding carboxylic acids is 1. The summed E-state index contributed by atoms with van der Waals surface area (Å²) < 4.78 is 7.90. The van der Waals surface area contributed by atoms with Gasteiger partial charge in [-0.3, -0.25) is 4.79 Å². The molecule has 1 amide bonds. The summed E-state index contributed by atoms with van der Waals surface area (Å²) in [5, 5.41) is 7.09. The predicted molar refractivity (Wildman–Crippen MR) is 162 cm³/mol. The Morgan fingerprint density at radius 3 is 2.73 bits per heavy atom. The smallest absolute Gasteiger partial charge is 0.247 e. The van der Waals surface area contributed by atoms with E-state index < -0.39 is 0 Å². The van der Waals surface area contributed by atoms with Crippen molar-refractivity contribution in [2.75, 3.05) is 56.9 Å². The number of benzene rings is 1. The van der Waals surface area contributed by atoms with Crippen LogP contribution in [0.25, 0.3) is 27.1 Å². The topological polar surface area (TPSA) is 105 Å². The van der Waals surface area contributed by atoms with E-state index in [1.165, 1.54) is 12.3 Å². The number of rotatable bonds is 11. The number of carbonyl (C=O) groups is 1. The third kappa shape index (κ3) is 5.83. The minimum absolute atomic E-state index is 0.289. The Kier molecular flexibility index (Phi) is 7.85. The van der Waals surface area contributed by atoms with Crippen molar-refractivity contribution in [3.8, 4) is 17.0 Å². The third-order valence-corrected chi connectivity index (χ3v) is 6.98. The first-order chi connectivity index (χ1) is 19.8. The second-order valence-electron chi connectivity index (χ2n) is 10.2. The van der Waals surface area contributed by atoms with Crippen LogP contribution in [0.4, 0.5) is 28.7 Å². The summed E-state index contributed by atoms with van der Waals surface area (Å²) in [4.78, 5) is 34.0. The molecule has 1 aromatic carbocycles. The molecule has 0 aliphatic heterocycles. The van der Waals surface area contributed by atoms with E-state index in [2.05, 4.69) is 41.5 Å². The van der Waals surface area contributed by atoms with Gasteiger partial charge in [0, 0.05) is 61.8 Å². The van der Waals surface area contributed by atoms with Gasteiger partial charge in [-0.1, -0.05) is 6.58 Å². The lowest BCUT2D eigenvalue weighted by Gasteiger charge is -2.26. The summed E-state index contributed by atoms with van der Waals surface area (Å²) in [5.74, 6) is 0.503. The van der Waals surface area contributed by atoms with Crippen LogP contribution in [0.1, 0.15) is 18.9 Å². The monoisotopic (exact) mass is 551 g/mol. The van der Waals surface area contributed by atoms with Crippen LogP contribution in [-0.4, -0.2) is 71.7 Å². The molecule has 1 aliphatic carbocycles. The maximum Gasteiger partial charge on any atom is 0.247 e. The van der Waals surface area contributed by atoms with Gasteiger partial charge in [0.1, 0.15) is 11.4 Å². The van der Waals surface area contributed by atoms with Gasteiger partial charge in [-0.25, -0.2) is 19.8 Å². The highest BCUT2D eigenvalue weighted by molar-refractivity contribution is 6.02. The van der Waals surface area contributed by atoms with Crippen molar-refractivity contribution in [2.24, 2.45) is 0 Å². The number of aromatic nitrogens is 4. The summed E-state index contributed by atoms with van der Waals surface area (Å²) in [6.07, 6.45) is 8.78. The molecular weight excluding hydrogens is 518 g/mol. The van der Waals surface area contributed by atoms with Gasteiger partial charge < -0.3 is 29.7 Å². The normalized spacial score (nSPS) is 12.7. The number of likely N-dealkylation sites (N-methyl/N-ethyl adjacent to an activating group) is 2. The van der Waals surface area contributed by atoms with E-state index >= 15 is 0 Å². The zero-order valence-corrected chi connectivity index (χ0v) is 23.7. The molecule has 4 aromatic rings. The minimum atomic E-state index is -0.330. The van der Waals surface area contributed by atoms with Crippen LogP contribution in [0.5, 0.6) is 5.75 Å². The fourth-order valence-corrected chi connectivity index (χ4v) is 4.64. The van der Waals surface area contributed by atoms with Gasteiger partial charge >= 0.3 is 0 Å². The number of anilines is 4. The van der Waals surface area contributed by atoms with Crippen LogP contribution in [0, 0.1) is 6.57 Å². The second kappa shape index (κ2) is 11.7. The van der Waals surface area contributed by atoms with Crippen molar-refractivity contribution in [2.45, 2.75) is 18.9 Å². The Labute approximate surface area is 239 Å². The van der Waals surface area contributed by atoms with Crippen molar-refractivity contribution < 1.29 is 9.53 Å². The molecule has 11 nitrogen and oxygen atoms in total. The molecule has 0 saturated heterocycles. The molecule has 41 heavy (non-hydrogen) atoms. The lowest BCUT2D eigenvalue weighted by atomic mass is 10.1. The van der Waals surface area contributed by atoms with E-state index in [-0.39, 0.29) is 11.9 Å². The zero-order chi connectivity index (χ0) is 29.1. The molecule has 0 spiro atoms. The van der Waals surface area contributed by atoms with Gasteiger partial charge in [0.05, 0.1) is 36.4 Å². The quantitative estimate of drug-likeness (QED) is 0.192. The van der Waals surface area contributed by atoms with Gasteiger partial charge in [-0.05, 0) is 51.2 Å². The Bertz CT molecular complexity index is 1650. The lowest BCUT2D eigenvalue weighted by Crippen LogP contribution is -2.29. The van der Waals surface area contributed by atoms with E-state index in [1.807, 2.05) is 50.4 Å². The molecule has 0 atom stereocenters. The van der Waals surface area contributed by atoms with Crippen LogP contribution in [0.3, 0.4) is 0 Å². The number of amides is 1. The van der Waals surface area contributed by atoms with Crippen LogP contribution in [0.2, 0.25) is 0 Å². The molecule has 5 rings (SSSR count). The van der Waals surface area contributed by atoms with Crippen LogP contribution < -0.4 is 20.3 Å². The SMILES string of the molecule is [C-]#[N+]c1cnc(Nc2cc(NC(=O)C=C)c(N(C)CCN(C)C)cc2OC)nc1-c1cn(C2CC2)c2ncccc12. The standard InChI is InChI=1S/C30H33N9O2/c1-7-27(40)34-22-15-23(26(41-6)16-25(22)38(5)14-13-37(3)4)35-30-33-17-24(31-2)28(36-30)21-18-39(19-10-11-19)29-20(21)9-8-12-32-29/h7-9,12,15-19H,1,10-11,13-14H2,3-6H3,(H,34,40)(H,33,35,36). The number of pyridine rings is 1. The maximum absolute atomic E-state index is 12.3. The van der Waals surface area contributed by atoms with Gasteiger partial charge in [0.25, 0.3) is 0 Å². The van der Waals surface area contributed by atoms with Crippen molar-refractivity contribution >= 4 is 45.6 Å². The first-order valence-electron chi connectivity index (χ1n) is 13.3. The summed E-state index contributed by atoms with van der Waals surface area (Å²) in [5.41, 5.74) is 4.51. The average Bonchev–Trinajstić information content (AvgIpc) is 3.75. The van der Waals surface area contributed by atoms with Gasteiger partial charge in [-0.15, -0.1) is 0 Å². The molecular formula is C30H33N9O2. The molecule has 1 saturated carbocycles. The molecule has 1 fully saturated rings. The maximum atomic E-state index is 12.3. The Balaban J connectivity index is 1.55. The summed E-state index contributed by atoms with van der Waals surface area (Å²) >= 11 is 0. The molecule has 0 bridgehead atoms. The summed E-state index contributed by atoms with van der Waals surface area (Å²) in [6.45, 7) is 12.9. The number of fused-ring (bicyclic) bond motifs is 1. The Morgan fingerprint density at radius 1 is 1.24 bits per heavy atom. The molecule has 3 aromatic heterocycles. The van der Waals surface area contributed by atoms with Crippen LogP contribution in [-0.2, 0) is 4.79 Å². The highest BCUT2D eigenvalue weighted by atomic mass is 16.5. The highest BCUT2D eigenvalue weighted by Crippen LogP contribution is 2.43. The van der Waals surface area contributed by atoms with Crippen LogP contribution in [0.15, 0.2) is 55.5 Å². The van der Waals surface area contributed by atoms with Crippen LogP contribution >= 0.6 is 0 Å². The molecule has 2 N–H and O–H groups in total. The van der Waals surface area contributed by atoms with E-state index in [0.717, 1.165) is 48.2 Å². The number of ether oxygens (including phenoxy) is 1. The Morgan fingerprint density at radius 2 is 2.05 bits per heavy atom. The van der Waals surface area contributed by atoms with Crippen molar-refractivity contribution in [3.05, 3.63) is 66.9 Å². The average molecular weight is 552 g/mol. The molecule has 210 valence electrons. The number of nitrogens with one attached hydrogen (secondary N) is 2. The number of methoxy groups -OCH3 is 1. The second-order valence-corrected chi connectivity index (χ2v) is 10.2. The highest BCUT2D eigenvalue weighted by Gasteiger charge is 2.27. The zero-order valence-electron chi connectivity index (χ0n) is 23.7. The number of hydrogen-bond donors (Lipinski definition) is 2. The van der Waals surface area contributed by atoms with Gasteiger partial charge in [-0.2, -0.15) is 0 Å². The molecule has 0 unspecified atom stereocenters. The van der Waals surface area contributed by atoms with Gasteiger partial charge in [0.2, 0.25) is 17.5 Å². The molecule has 3 heterocycles. The predicted octanol–water partition coefficient (Wildman–Crippen LogP) is 5.25. The molecule has 11 heteroatoms. The summed E-state index contributed by atoms with van der Waals surface area (Å²) in [7, 11) is 7.56.